The fourth-order valence-corrected chi connectivity index (χ4v) is 2.25. The van der Waals surface area contributed by atoms with Crippen LogP contribution in [0.3, 0.4) is 0 Å². The van der Waals surface area contributed by atoms with Gasteiger partial charge in [0, 0.05) is 18.7 Å². The molecule has 1 saturated heterocycles. The Hall–Kier alpha value is -0.840. The average Bonchev–Trinajstić information content (AvgIpc) is 2.38. The second-order valence-electron chi connectivity index (χ2n) is 4.62. The van der Waals surface area contributed by atoms with Crippen LogP contribution in [0.25, 0.3) is 0 Å². The maximum atomic E-state index is 5.54. The van der Waals surface area contributed by atoms with E-state index in [1.165, 1.54) is 11.1 Å². The summed E-state index contributed by atoms with van der Waals surface area (Å²) < 4.78 is 16.5. The summed E-state index contributed by atoms with van der Waals surface area (Å²) >= 11 is 0. The fraction of sp³-hybridized carbons (Fsp3) is 0.692. The fourth-order valence-electron chi connectivity index (χ4n) is 2.25. The molecule has 0 bridgehead atoms. The van der Waals surface area contributed by atoms with Crippen LogP contribution in [0.4, 0.5) is 0 Å². The van der Waals surface area contributed by atoms with E-state index in [1.54, 1.807) is 7.11 Å². The van der Waals surface area contributed by atoms with Gasteiger partial charge in [-0.05, 0) is 26.0 Å². The summed E-state index contributed by atoms with van der Waals surface area (Å²) in [6.45, 7) is 4.86. The van der Waals surface area contributed by atoms with E-state index in [0.29, 0.717) is 13.4 Å². The lowest BCUT2D eigenvalue weighted by molar-refractivity contribution is -0.0696. The van der Waals surface area contributed by atoms with Crippen molar-refractivity contribution in [3.05, 3.63) is 23.0 Å². The van der Waals surface area contributed by atoms with Gasteiger partial charge in [0.1, 0.15) is 19.2 Å². The zero-order chi connectivity index (χ0) is 12.3. The molecule has 4 nitrogen and oxygen atoms in total. The zero-order valence-corrected chi connectivity index (χ0v) is 10.9. The SMILES string of the molecule is CO/C1=C2\CN(C)CC\C2=C\C(C)OCOC1. The third-order valence-corrected chi connectivity index (χ3v) is 3.24. The van der Waals surface area contributed by atoms with Crippen LogP contribution in [-0.2, 0) is 14.2 Å². The van der Waals surface area contributed by atoms with Gasteiger partial charge in [0.15, 0.2) is 0 Å². The molecule has 2 aliphatic heterocycles. The molecule has 0 amide bonds. The molecule has 1 unspecified atom stereocenters. The highest BCUT2D eigenvalue weighted by molar-refractivity contribution is 5.37. The highest BCUT2D eigenvalue weighted by atomic mass is 16.7. The van der Waals surface area contributed by atoms with Gasteiger partial charge >= 0.3 is 0 Å². The van der Waals surface area contributed by atoms with Gasteiger partial charge in [-0.25, -0.2) is 0 Å². The van der Waals surface area contributed by atoms with Crippen LogP contribution >= 0.6 is 0 Å². The van der Waals surface area contributed by atoms with Gasteiger partial charge in [-0.3, -0.25) is 0 Å². The molecule has 0 aliphatic carbocycles. The van der Waals surface area contributed by atoms with E-state index in [2.05, 4.69) is 18.0 Å². The third kappa shape index (κ3) is 3.09. The quantitative estimate of drug-likeness (QED) is 0.694. The molecular weight excluding hydrogens is 218 g/mol. The number of likely N-dealkylation sites (N-methyl/N-ethyl adjacent to an activating group) is 1. The smallest absolute Gasteiger partial charge is 0.148 e. The minimum atomic E-state index is 0.0969. The maximum absolute atomic E-state index is 5.54. The Morgan fingerprint density at radius 3 is 3.06 bits per heavy atom. The van der Waals surface area contributed by atoms with Gasteiger partial charge in [0.2, 0.25) is 0 Å². The molecule has 96 valence electrons. The highest BCUT2D eigenvalue weighted by Crippen LogP contribution is 2.26. The van der Waals surface area contributed by atoms with Gasteiger partial charge in [0.05, 0.1) is 13.2 Å². The van der Waals surface area contributed by atoms with Crippen LogP contribution in [0.5, 0.6) is 0 Å². The van der Waals surface area contributed by atoms with Crippen molar-refractivity contribution in [2.45, 2.75) is 19.4 Å². The second-order valence-corrected chi connectivity index (χ2v) is 4.62. The van der Waals surface area contributed by atoms with Crippen molar-refractivity contribution in [3.63, 3.8) is 0 Å². The number of methoxy groups -OCH3 is 1. The molecule has 2 aliphatic rings. The summed E-state index contributed by atoms with van der Waals surface area (Å²) in [6.07, 6.45) is 3.34. The zero-order valence-electron chi connectivity index (χ0n) is 10.9. The maximum Gasteiger partial charge on any atom is 0.148 e. The summed E-state index contributed by atoms with van der Waals surface area (Å²) in [6, 6.07) is 0. The minimum Gasteiger partial charge on any atom is -0.498 e. The number of rotatable bonds is 1. The van der Waals surface area contributed by atoms with E-state index < -0.39 is 0 Å². The van der Waals surface area contributed by atoms with E-state index in [-0.39, 0.29) is 6.10 Å². The molecule has 2 heterocycles. The lowest BCUT2D eigenvalue weighted by atomic mass is 9.95. The monoisotopic (exact) mass is 239 g/mol. The summed E-state index contributed by atoms with van der Waals surface area (Å²) in [5.41, 5.74) is 2.61. The first-order chi connectivity index (χ1) is 8.20. The Labute approximate surface area is 103 Å². The molecule has 0 aromatic heterocycles. The van der Waals surface area contributed by atoms with Gasteiger partial charge in [-0.2, -0.15) is 0 Å². The first kappa shape index (κ1) is 12.6. The standard InChI is InChI=1S/C13H21NO3/c1-10-6-11-4-5-14(2)7-12(11)13(15-3)8-16-9-17-10/h6,10H,4-5,7-9H2,1-3H3/b11-6-,13-12+. The molecule has 0 aromatic rings. The molecule has 0 saturated carbocycles. The summed E-state index contributed by atoms with van der Waals surface area (Å²) in [5.74, 6) is 0.931. The molecule has 4 heteroatoms. The summed E-state index contributed by atoms with van der Waals surface area (Å²) in [7, 11) is 3.84. The van der Waals surface area contributed by atoms with Gasteiger partial charge in [-0.1, -0.05) is 6.08 Å². The number of piperidine rings is 1. The Morgan fingerprint density at radius 2 is 2.29 bits per heavy atom. The van der Waals surface area contributed by atoms with E-state index in [0.717, 1.165) is 25.3 Å². The highest BCUT2D eigenvalue weighted by Gasteiger charge is 2.22. The third-order valence-electron chi connectivity index (χ3n) is 3.24. The predicted molar refractivity (Wildman–Crippen MR) is 65.6 cm³/mol. The summed E-state index contributed by atoms with van der Waals surface area (Å²) in [4.78, 5) is 2.30. The number of nitrogens with zero attached hydrogens (tertiary/aromatic N) is 1. The van der Waals surface area contributed by atoms with Crippen LogP contribution < -0.4 is 0 Å². The molecule has 0 N–H and O–H groups in total. The minimum absolute atomic E-state index is 0.0969. The van der Waals surface area contributed by atoms with Crippen LogP contribution in [0.2, 0.25) is 0 Å². The van der Waals surface area contributed by atoms with Crippen LogP contribution in [0.1, 0.15) is 13.3 Å². The molecule has 2 rings (SSSR count). The number of hydrogen-bond acceptors (Lipinski definition) is 4. The molecule has 0 radical (unpaired) electrons. The van der Waals surface area contributed by atoms with E-state index >= 15 is 0 Å². The molecule has 0 spiro atoms. The lowest BCUT2D eigenvalue weighted by Gasteiger charge is -2.28. The van der Waals surface area contributed by atoms with E-state index in [1.807, 2.05) is 6.92 Å². The van der Waals surface area contributed by atoms with Crippen molar-refractivity contribution < 1.29 is 14.2 Å². The normalized spacial score (nSPS) is 35.0. The Kier molecular flexibility index (Phi) is 4.20. The number of likely N-dealkylation sites (tertiary alicyclic amines) is 1. The van der Waals surface area contributed by atoms with E-state index in [9.17, 15) is 0 Å². The van der Waals surface area contributed by atoms with Crippen molar-refractivity contribution in [2.24, 2.45) is 0 Å². The topological polar surface area (TPSA) is 30.9 Å². The molecule has 0 aromatic carbocycles. The first-order valence-electron chi connectivity index (χ1n) is 6.05. The Balaban J connectivity index is 2.32. The number of fused-ring (bicyclic) bond motifs is 1. The summed E-state index contributed by atoms with van der Waals surface area (Å²) in [5, 5.41) is 0. The Bertz CT molecular complexity index is 336. The Morgan fingerprint density at radius 1 is 1.47 bits per heavy atom. The van der Waals surface area contributed by atoms with Crippen molar-refractivity contribution in [3.8, 4) is 0 Å². The second kappa shape index (κ2) is 5.67. The molecular formula is C13H21NO3. The van der Waals surface area contributed by atoms with Crippen LogP contribution in [-0.4, -0.2) is 51.7 Å². The van der Waals surface area contributed by atoms with Crippen LogP contribution in [0.15, 0.2) is 23.0 Å². The van der Waals surface area contributed by atoms with Gasteiger partial charge in [0.25, 0.3) is 0 Å². The van der Waals surface area contributed by atoms with Gasteiger partial charge < -0.3 is 19.1 Å². The molecule has 1 fully saturated rings. The van der Waals surface area contributed by atoms with Crippen molar-refractivity contribution in [2.75, 3.05) is 40.6 Å². The van der Waals surface area contributed by atoms with Crippen molar-refractivity contribution in [1.82, 2.24) is 4.90 Å². The van der Waals surface area contributed by atoms with Crippen molar-refractivity contribution in [1.29, 1.82) is 0 Å². The largest absolute Gasteiger partial charge is 0.498 e. The van der Waals surface area contributed by atoms with Crippen molar-refractivity contribution >= 4 is 0 Å². The van der Waals surface area contributed by atoms with Crippen LogP contribution in [0, 0.1) is 0 Å². The van der Waals surface area contributed by atoms with Gasteiger partial charge in [-0.15, -0.1) is 0 Å². The number of hydrogen-bond donors (Lipinski definition) is 0. The lowest BCUT2D eigenvalue weighted by Crippen LogP contribution is -2.30. The average molecular weight is 239 g/mol. The predicted octanol–water partition coefficient (Wildman–Crippen LogP) is 1.54. The molecule has 1 atom stereocenters. The molecule has 17 heavy (non-hydrogen) atoms. The van der Waals surface area contributed by atoms with E-state index in [4.69, 9.17) is 14.2 Å². The first-order valence-corrected chi connectivity index (χ1v) is 6.05. The number of ether oxygens (including phenoxy) is 3.